The van der Waals surface area contributed by atoms with Crippen LogP contribution in [0.15, 0.2) is 54.8 Å². The molecule has 0 fully saturated rings. The highest BCUT2D eigenvalue weighted by Crippen LogP contribution is 2.30. The molecular weight excluding hydrogens is 332 g/mol. The molecule has 0 bridgehead atoms. The first-order chi connectivity index (χ1) is 11.5. The van der Waals surface area contributed by atoms with E-state index in [-0.39, 0.29) is 0 Å². The summed E-state index contributed by atoms with van der Waals surface area (Å²) < 4.78 is 7.68. The molecule has 0 spiro atoms. The first-order valence-corrected chi connectivity index (χ1v) is 12.8. The molecule has 0 radical (unpaired) electrons. The lowest BCUT2D eigenvalue weighted by Crippen LogP contribution is -2.22. The van der Waals surface area contributed by atoms with Crippen molar-refractivity contribution in [2.45, 2.75) is 32.4 Å². The number of nitrogens with zero attached hydrogens (tertiary/aromatic N) is 2. The summed E-state index contributed by atoms with van der Waals surface area (Å²) in [6.07, 6.45) is 16.6. The summed E-state index contributed by atoms with van der Waals surface area (Å²) in [5, 5.41) is 5.82. The van der Waals surface area contributed by atoms with Crippen LogP contribution in [0.3, 0.4) is 0 Å². The van der Waals surface area contributed by atoms with E-state index in [2.05, 4.69) is 61.3 Å². The zero-order valence-corrected chi connectivity index (χ0v) is 16.3. The van der Waals surface area contributed by atoms with Crippen LogP contribution < -0.4 is 0 Å². The molecule has 126 valence electrons. The van der Waals surface area contributed by atoms with Crippen molar-refractivity contribution >= 4 is 35.2 Å². The van der Waals surface area contributed by atoms with Crippen LogP contribution in [-0.4, -0.2) is 24.5 Å². The standard InChI is InChI=1S/C19H24N2OSSi/c1-24(2,3)12-11-22-15-21-14-17-13-18(23-19(17)20-21)16-9-7-5-4-6-8-10-16/h4-10,13-14H,11-12,15H2,1-3H3/b5-4-,6-4?,7-5?,8-6-,9-7-,10-8?,16-9?,16-10+. The zero-order chi connectivity index (χ0) is 17.0. The average Bonchev–Trinajstić information content (AvgIpc) is 3.00. The molecule has 1 aliphatic carbocycles. The van der Waals surface area contributed by atoms with Gasteiger partial charge in [-0.25, -0.2) is 4.68 Å². The number of rotatable bonds is 6. The number of hydrogen-bond donors (Lipinski definition) is 0. The number of thiophene rings is 1. The zero-order valence-electron chi connectivity index (χ0n) is 14.5. The topological polar surface area (TPSA) is 27.1 Å². The van der Waals surface area contributed by atoms with E-state index in [4.69, 9.17) is 4.74 Å². The molecule has 0 saturated carbocycles. The predicted octanol–water partition coefficient (Wildman–Crippen LogP) is 5.48. The molecule has 2 heterocycles. The Morgan fingerprint density at radius 2 is 1.92 bits per heavy atom. The van der Waals surface area contributed by atoms with E-state index in [0.717, 1.165) is 11.4 Å². The fourth-order valence-corrected chi connectivity index (χ4v) is 4.13. The maximum absolute atomic E-state index is 5.77. The molecule has 0 aromatic carbocycles. The quantitative estimate of drug-likeness (QED) is 0.506. The van der Waals surface area contributed by atoms with Gasteiger partial charge < -0.3 is 4.74 Å². The molecule has 3 nitrogen and oxygen atoms in total. The van der Waals surface area contributed by atoms with E-state index >= 15 is 0 Å². The Balaban J connectivity index is 1.65. The Morgan fingerprint density at radius 3 is 2.71 bits per heavy atom. The van der Waals surface area contributed by atoms with E-state index in [1.807, 2.05) is 22.9 Å². The number of aromatic nitrogens is 2. The third-order valence-corrected chi connectivity index (χ3v) is 6.54. The van der Waals surface area contributed by atoms with Crippen molar-refractivity contribution < 1.29 is 4.74 Å². The van der Waals surface area contributed by atoms with Gasteiger partial charge in [0.05, 0.1) is 0 Å². The second-order valence-corrected chi connectivity index (χ2v) is 13.8. The second kappa shape index (κ2) is 7.47. The predicted molar refractivity (Wildman–Crippen MR) is 107 cm³/mol. The Labute approximate surface area is 148 Å². The van der Waals surface area contributed by atoms with Crippen LogP contribution >= 0.6 is 11.3 Å². The highest BCUT2D eigenvalue weighted by molar-refractivity contribution is 7.19. The molecule has 0 amide bonds. The van der Waals surface area contributed by atoms with Crippen molar-refractivity contribution in [2.75, 3.05) is 6.61 Å². The van der Waals surface area contributed by atoms with Gasteiger partial charge in [-0.15, -0.1) is 11.3 Å². The molecular formula is C19H24N2OSSi. The Morgan fingerprint density at radius 1 is 1.12 bits per heavy atom. The van der Waals surface area contributed by atoms with Gasteiger partial charge in [-0.1, -0.05) is 62.2 Å². The largest absolute Gasteiger partial charge is 0.360 e. The third-order valence-electron chi connectivity index (χ3n) is 3.75. The Hall–Kier alpha value is -1.69. The highest BCUT2D eigenvalue weighted by atomic mass is 32.1. The van der Waals surface area contributed by atoms with Gasteiger partial charge in [0.15, 0.2) is 0 Å². The third kappa shape index (κ3) is 4.66. The van der Waals surface area contributed by atoms with Crippen LogP contribution in [0.5, 0.6) is 0 Å². The lowest BCUT2D eigenvalue weighted by Gasteiger charge is -2.15. The minimum absolute atomic E-state index is 0.539. The van der Waals surface area contributed by atoms with Gasteiger partial charge in [-0.05, 0) is 17.7 Å². The fourth-order valence-electron chi connectivity index (χ4n) is 2.35. The summed E-state index contributed by atoms with van der Waals surface area (Å²) in [5.41, 5.74) is 1.22. The van der Waals surface area contributed by atoms with Crippen LogP contribution in [0, 0.1) is 0 Å². The van der Waals surface area contributed by atoms with E-state index < -0.39 is 8.07 Å². The monoisotopic (exact) mass is 356 g/mol. The van der Waals surface area contributed by atoms with Crippen LogP contribution in [0.1, 0.15) is 4.88 Å². The lowest BCUT2D eigenvalue weighted by molar-refractivity contribution is 0.0791. The van der Waals surface area contributed by atoms with E-state index in [9.17, 15) is 0 Å². The average molecular weight is 357 g/mol. The summed E-state index contributed by atoms with van der Waals surface area (Å²) >= 11 is 1.73. The summed E-state index contributed by atoms with van der Waals surface area (Å²) in [7, 11) is -1.02. The molecule has 5 heteroatoms. The van der Waals surface area contributed by atoms with E-state index in [1.54, 1.807) is 11.3 Å². The summed E-state index contributed by atoms with van der Waals surface area (Å²) in [6.45, 7) is 8.46. The number of fused-ring (bicyclic) bond motifs is 1. The van der Waals surface area contributed by atoms with Gasteiger partial charge in [0.2, 0.25) is 0 Å². The van der Waals surface area contributed by atoms with Gasteiger partial charge >= 0.3 is 0 Å². The maximum atomic E-state index is 5.77. The molecule has 1 aliphatic rings. The van der Waals surface area contributed by atoms with Gasteiger partial charge in [0.1, 0.15) is 11.6 Å². The highest BCUT2D eigenvalue weighted by Gasteiger charge is 2.12. The smallest absolute Gasteiger partial charge is 0.146 e. The van der Waals surface area contributed by atoms with Crippen molar-refractivity contribution in [1.29, 1.82) is 0 Å². The van der Waals surface area contributed by atoms with Gasteiger partial charge in [0.25, 0.3) is 0 Å². The van der Waals surface area contributed by atoms with E-state index in [0.29, 0.717) is 6.73 Å². The molecule has 2 aromatic rings. The lowest BCUT2D eigenvalue weighted by atomic mass is 10.1. The summed E-state index contributed by atoms with van der Waals surface area (Å²) in [6, 6.07) is 3.40. The molecule has 0 aliphatic heterocycles. The second-order valence-electron chi connectivity index (χ2n) is 7.14. The van der Waals surface area contributed by atoms with Gasteiger partial charge in [0, 0.05) is 31.1 Å². The first-order valence-electron chi connectivity index (χ1n) is 8.28. The van der Waals surface area contributed by atoms with Crippen LogP contribution in [0.25, 0.3) is 15.8 Å². The van der Waals surface area contributed by atoms with Crippen molar-refractivity contribution in [2.24, 2.45) is 0 Å². The van der Waals surface area contributed by atoms with Crippen molar-refractivity contribution in [3.05, 3.63) is 59.7 Å². The van der Waals surface area contributed by atoms with E-state index in [1.165, 1.54) is 21.9 Å². The van der Waals surface area contributed by atoms with Crippen molar-refractivity contribution in [3.63, 3.8) is 0 Å². The minimum Gasteiger partial charge on any atom is -0.360 e. The molecule has 3 rings (SSSR count). The Bertz CT molecular complexity index is 787. The molecule has 2 aromatic heterocycles. The number of allylic oxidation sites excluding steroid dienone is 8. The summed E-state index contributed by atoms with van der Waals surface area (Å²) in [4.78, 5) is 2.31. The van der Waals surface area contributed by atoms with Crippen molar-refractivity contribution in [1.82, 2.24) is 9.78 Å². The SMILES string of the molecule is C[Si](C)(C)CCOCn1cc2cc(C3=C/C=C\C=C/C=C\3)sc2n1. The molecule has 0 saturated heterocycles. The van der Waals surface area contributed by atoms with Crippen LogP contribution in [-0.2, 0) is 11.5 Å². The number of hydrogen-bond acceptors (Lipinski definition) is 3. The van der Waals surface area contributed by atoms with Crippen LogP contribution in [0.2, 0.25) is 25.7 Å². The minimum atomic E-state index is -1.02. The molecule has 0 unspecified atom stereocenters. The molecule has 24 heavy (non-hydrogen) atoms. The number of ether oxygens (including phenoxy) is 1. The van der Waals surface area contributed by atoms with Crippen LogP contribution in [0.4, 0.5) is 0 Å². The van der Waals surface area contributed by atoms with Gasteiger partial charge in [-0.3, -0.25) is 0 Å². The first kappa shape index (κ1) is 17.1. The maximum Gasteiger partial charge on any atom is 0.146 e. The normalized spacial score (nSPS) is 21.0. The fraction of sp³-hybridized carbons (Fsp3) is 0.316. The van der Waals surface area contributed by atoms with Gasteiger partial charge in [-0.2, -0.15) is 5.10 Å². The molecule has 0 atom stereocenters. The van der Waals surface area contributed by atoms with Crippen molar-refractivity contribution in [3.8, 4) is 0 Å². The Kier molecular flexibility index (Phi) is 5.33. The summed E-state index contributed by atoms with van der Waals surface area (Å²) in [5.74, 6) is 0. The molecule has 0 N–H and O–H groups in total.